The number of halogens is 1. The van der Waals surface area contributed by atoms with E-state index in [9.17, 15) is 0 Å². The molecule has 1 heterocycles. The first-order chi connectivity index (χ1) is 7.11. The molecular formula is C12H17ClN2. The van der Waals surface area contributed by atoms with Crippen LogP contribution < -0.4 is 10.6 Å². The Morgan fingerprint density at radius 3 is 2.93 bits per heavy atom. The van der Waals surface area contributed by atoms with Crippen LogP contribution >= 0.6 is 11.6 Å². The molecule has 0 aliphatic carbocycles. The largest absolute Gasteiger partial charge is 0.374 e. The van der Waals surface area contributed by atoms with Gasteiger partial charge in [-0.25, -0.2) is 0 Å². The first-order valence-corrected chi connectivity index (χ1v) is 5.74. The average molecular weight is 225 g/mol. The van der Waals surface area contributed by atoms with Gasteiger partial charge in [-0.05, 0) is 31.4 Å². The van der Waals surface area contributed by atoms with Gasteiger partial charge in [-0.1, -0.05) is 17.7 Å². The summed E-state index contributed by atoms with van der Waals surface area (Å²) in [6.07, 6.45) is 2.14. The minimum atomic E-state index is 0.0809. The van der Waals surface area contributed by atoms with Crippen molar-refractivity contribution in [3.05, 3.63) is 28.3 Å². The zero-order valence-corrected chi connectivity index (χ0v) is 10.0. The summed E-state index contributed by atoms with van der Waals surface area (Å²) >= 11 is 6.24. The van der Waals surface area contributed by atoms with Crippen LogP contribution in [0, 0.1) is 6.92 Å². The van der Waals surface area contributed by atoms with E-state index in [1.54, 1.807) is 0 Å². The molecular weight excluding hydrogens is 208 g/mol. The molecule has 2 nitrogen and oxygen atoms in total. The Morgan fingerprint density at radius 2 is 2.20 bits per heavy atom. The highest BCUT2D eigenvalue weighted by atomic mass is 35.5. The quantitative estimate of drug-likeness (QED) is 0.734. The van der Waals surface area contributed by atoms with E-state index >= 15 is 0 Å². The molecule has 1 aromatic rings. The molecule has 2 rings (SSSR count). The molecule has 2 N–H and O–H groups in total. The Morgan fingerprint density at radius 1 is 1.47 bits per heavy atom. The molecule has 0 amide bonds. The van der Waals surface area contributed by atoms with E-state index in [4.69, 9.17) is 17.3 Å². The third kappa shape index (κ3) is 1.84. The van der Waals surface area contributed by atoms with Gasteiger partial charge in [0.1, 0.15) is 0 Å². The SMILES string of the molecule is Cc1ccc(Cl)c2c1N(C)CCCC2N. The normalized spacial score (nSPS) is 21.1. The number of anilines is 1. The predicted octanol–water partition coefficient (Wildman–Crippen LogP) is 2.88. The summed E-state index contributed by atoms with van der Waals surface area (Å²) in [5.41, 5.74) is 9.78. The number of hydrogen-bond acceptors (Lipinski definition) is 2. The highest BCUT2D eigenvalue weighted by molar-refractivity contribution is 6.31. The maximum Gasteiger partial charge on any atom is 0.0474 e. The van der Waals surface area contributed by atoms with E-state index in [0.29, 0.717) is 0 Å². The first-order valence-electron chi connectivity index (χ1n) is 5.37. The second-order valence-corrected chi connectivity index (χ2v) is 4.70. The number of benzene rings is 1. The van der Waals surface area contributed by atoms with Crippen molar-refractivity contribution in [2.45, 2.75) is 25.8 Å². The molecule has 0 bridgehead atoms. The summed E-state index contributed by atoms with van der Waals surface area (Å²) in [5, 5.41) is 0.803. The molecule has 82 valence electrons. The van der Waals surface area contributed by atoms with Crippen LogP contribution in [0.3, 0.4) is 0 Å². The number of nitrogens with zero attached hydrogens (tertiary/aromatic N) is 1. The molecule has 1 unspecified atom stereocenters. The van der Waals surface area contributed by atoms with Gasteiger partial charge in [-0.3, -0.25) is 0 Å². The molecule has 0 fully saturated rings. The maximum atomic E-state index is 6.24. The zero-order chi connectivity index (χ0) is 11.0. The molecule has 1 aromatic carbocycles. The Balaban J connectivity index is 2.63. The van der Waals surface area contributed by atoms with Crippen molar-refractivity contribution in [3.8, 4) is 0 Å². The molecule has 1 aliphatic rings. The fourth-order valence-electron chi connectivity index (χ4n) is 2.36. The van der Waals surface area contributed by atoms with Crippen molar-refractivity contribution in [2.24, 2.45) is 5.73 Å². The van der Waals surface area contributed by atoms with Crippen molar-refractivity contribution in [1.82, 2.24) is 0 Å². The van der Waals surface area contributed by atoms with E-state index in [-0.39, 0.29) is 6.04 Å². The molecule has 1 aliphatic heterocycles. The van der Waals surface area contributed by atoms with E-state index < -0.39 is 0 Å². The lowest BCUT2D eigenvalue weighted by molar-refractivity contribution is 0.634. The third-order valence-corrected chi connectivity index (χ3v) is 3.46. The smallest absolute Gasteiger partial charge is 0.0474 e. The Labute approximate surface area is 96.0 Å². The molecule has 0 radical (unpaired) electrons. The monoisotopic (exact) mass is 224 g/mol. The lowest BCUT2D eigenvalue weighted by Crippen LogP contribution is -2.19. The van der Waals surface area contributed by atoms with Crippen LogP contribution in [0.5, 0.6) is 0 Å². The van der Waals surface area contributed by atoms with Gasteiger partial charge < -0.3 is 10.6 Å². The molecule has 1 atom stereocenters. The van der Waals surface area contributed by atoms with E-state index in [1.165, 1.54) is 11.3 Å². The standard InChI is InChI=1S/C12H17ClN2/c1-8-5-6-9(13)11-10(14)4-3-7-15(2)12(8)11/h5-6,10H,3-4,7,14H2,1-2H3. The molecule has 0 aromatic heterocycles. The van der Waals surface area contributed by atoms with Crippen molar-refractivity contribution < 1.29 is 0 Å². The molecule has 0 saturated carbocycles. The molecule has 0 saturated heterocycles. The fourth-order valence-corrected chi connectivity index (χ4v) is 2.65. The second kappa shape index (κ2) is 4.03. The van der Waals surface area contributed by atoms with Crippen molar-refractivity contribution >= 4 is 17.3 Å². The number of rotatable bonds is 0. The highest BCUT2D eigenvalue weighted by Gasteiger charge is 2.22. The summed E-state index contributed by atoms with van der Waals surface area (Å²) in [6.45, 7) is 3.17. The number of aryl methyl sites for hydroxylation is 1. The third-order valence-electron chi connectivity index (χ3n) is 3.13. The fraction of sp³-hybridized carbons (Fsp3) is 0.500. The number of fused-ring (bicyclic) bond motifs is 1. The first kappa shape index (κ1) is 10.8. The maximum absolute atomic E-state index is 6.24. The molecule has 0 spiro atoms. The summed E-state index contributed by atoms with van der Waals surface area (Å²) in [4.78, 5) is 2.27. The van der Waals surface area contributed by atoms with Gasteiger partial charge in [0, 0.05) is 35.9 Å². The predicted molar refractivity (Wildman–Crippen MR) is 65.6 cm³/mol. The van der Waals surface area contributed by atoms with Crippen LogP contribution in [0.1, 0.15) is 30.0 Å². The van der Waals surface area contributed by atoms with Crippen molar-refractivity contribution in [2.75, 3.05) is 18.5 Å². The minimum absolute atomic E-state index is 0.0809. The lowest BCUT2D eigenvalue weighted by Gasteiger charge is -2.23. The summed E-state index contributed by atoms with van der Waals surface area (Å²) in [5.74, 6) is 0. The number of hydrogen-bond donors (Lipinski definition) is 1. The highest BCUT2D eigenvalue weighted by Crippen LogP contribution is 2.38. The lowest BCUT2D eigenvalue weighted by atomic mass is 10.00. The Kier molecular flexibility index (Phi) is 2.89. The molecule has 3 heteroatoms. The van der Waals surface area contributed by atoms with Crippen LogP contribution in [0.4, 0.5) is 5.69 Å². The van der Waals surface area contributed by atoms with Gasteiger partial charge in [0.05, 0.1) is 0 Å². The van der Waals surface area contributed by atoms with Crippen LogP contribution in [-0.4, -0.2) is 13.6 Å². The minimum Gasteiger partial charge on any atom is -0.374 e. The van der Waals surface area contributed by atoms with Gasteiger partial charge in [-0.15, -0.1) is 0 Å². The van der Waals surface area contributed by atoms with Gasteiger partial charge in [0.15, 0.2) is 0 Å². The van der Waals surface area contributed by atoms with Crippen molar-refractivity contribution in [1.29, 1.82) is 0 Å². The van der Waals surface area contributed by atoms with Gasteiger partial charge in [-0.2, -0.15) is 0 Å². The van der Waals surface area contributed by atoms with E-state index in [0.717, 1.165) is 30.0 Å². The Bertz CT molecular complexity index is 341. The zero-order valence-electron chi connectivity index (χ0n) is 9.26. The molecule has 15 heavy (non-hydrogen) atoms. The summed E-state index contributed by atoms with van der Waals surface area (Å²) in [6, 6.07) is 4.10. The Hall–Kier alpha value is -0.730. The summed E-state index contributed by atoms with van der Waals surface area (Å²) in [7, 11) is 2.11. The topological polar surface area (TPSA) is 29.3 Å². The van der Waals surface area contributed by atoms with Crippen molar-refractivity contribution in [3.63, 3.8) is 0 Å². The van der Waals surface area contributed by atoms with Crippen LogP contribution in [-0.2, 0) is 0 Å². The number of nitrogens with two attached hydrogens (primary N) is 1. The van der Waals surface area contributed by atoms with Crippen LogP contribution in [0.2, 0.25) is 5.02 Å². The van der Waals surface area contributed by atoms with E-state index in [1.807, 2.05) is 6.07 Å². The van der Waals surface area contributed by atoms with Gasteiger partial charge >= 0.3 is 0 Å². The van der Waals surface area contributed by atoms with Crippen LogP contribution in [0.15, 0.2) is 12.1 Å². The van der Waals surface area contributed by atoms with Crippen LogP contribution in [0.25, 0.3) is 0 Å². The van der Waals surface area contributed by atoms with Gasteiger partial charge in [0.25, 0.3) is 0 Å². The average Bonchev–Trinajstić information content (AvgIpc) is 2.33. The second-order valence-electron chi connectivity index (χ2n) is 4.30. The van der Waals surface area contributed by atoms with E-state index in [2.05, 4.69) is 24.9 Å². The van der Waals surface area contributed by atoms with Gasteiger partial charge in [0.2, 0.25) is 0 Å². The summed E-state index contributed by atoms with van der Waals surface area (Å²) < 4.78 is 0.